The van der Waals surface area contributed by atoms with Crippen LogP contribution in [0.1, 0.15) is 24.0 Å². The molecule has 0 aliphatic carbocycles. The number of rotatable bonds is 11. The minimum absolute atomic E-state index is 0.393. The summed E-state index contributed by atoms with van der Waals surface area (Å²) in [4.78, 5) is 24.8. The molecule has 0 aromatic heterocycles. The van der Waals surface area contributed by atoms with Crippen LogP contribution in [0.2, 0.25) is 0 Å². The molecule has 0 atom stereocenters. The Morgan fingerprint density at radius 3 is 1.39 bits per heavy atom. The van der Waals surface area contributed by atoms with E-state index in [1.807, 2.05) is 0 Å². The molecule has 0 amide bonds. The van der Waals surface area contributed by atoms with Gasteiger partial charge in [0, 0.05) is 6.42 Å². The van der Waals surface area contributed by atoms with Gasteiger partial charge in [0.25, 0.3) is 0 Å². The highest BCUT2D eigenvalue weighted by Crippen LogP contribution is 2.54. The lowest BCUT2D eigenvalue weighted by molar-refractivity contribution is -0.396. The van der Waals surface area contributed by atoms with Crippen molar-refractivity contribution < 1.29 is 58.6 Å². The van der Waals surface area contributed by atoms with Gasteiger partial charge in [0.15, 0.2) is 5.92 Å². The summed E-state index contributed by atoms with van der Waals surface area (Å²) in [6.07, 6.45) is -10.9. The molecule has 13 heteroatoms. The largest absolute Gasteiger partial charge is 0.460 e. The number of hydrogen-bond acceptors (Lipinski definition) is 4. The Balaban J connectivity index is 2.19. The van der Waals surface area contributed by atoms with E-state index < -0.39 is 67.9 Å². The van der Waals surface area contributed by atoms with Crippen molar-refractivity contribution in [2.75, 3.05) is 0 Å². The van der Waals surface area contributed by atoms with Gasteiger partial charge in [-0.2, -0.15) is 39.5 Å². The van der Waals surface area contributed by atoms with Crippen LogP contribution in [0.25, 0.3) is 0 Å². The monoisotopic (exact) mass is 530 g/mol. The van der Waals surface area contributed by atoms with Crippen LogP contribution < -0.4 is 0 Å². The average molecular weight is 530 g/mol. The Morgan fingerprint density at radius 2 is 1.03 bits per heavy atom. The summed E-state index contributed by atoms with van der Waals surface area (Å²) >= 11 is 0. The zero-order chi connectivity index (χ0) is 27.2. The van der Waals surface area contributed by atoms with Crippen molar-refractivity contribution in [3.8, 4) is 0 Å². The van der Waals surface area contributed by atoms with Crippen LogP contribution in [-0.2, 0) is 32.3 Å². The molecule has 2 aromatic rings. The average Bonchev–Trinajstić information content (AvgIpc) is 2.81. The first-order valence-corrected chi connectivity index (χ1v) is 10.2. The molecular formula is C23H19F9O4. The van der Waals surface area contributed by atoms with E-state index in [0.717, 1.165) is 0 Å². The van der Waals surface area contributed by atoms with Gasteiger partial charge in [-0.05, 0) is 17.5 Å². The Hall–Kier alpha value is -3.25. The van der Waals surface area contributed by atoms with E-state index in [2.05, 4.69) is 0 Å². The van der Waals surface area contributed by atoms with E-state index in [9.17, 15) is 49.1 Å². The predicted molar refractivity (Wildman–Crippen MR) is 106 cm³/mol. The van der Waals surface area contributed by atoms with Gasteiger partial charge in [-0.25, -0.2) is 0 Å². The first kappa shape index (κ1) is 29.0. The molecule has 0 aliphatic heterocycles. The standard InChI is InChI=1S/C23H19F9O4/c24-20(25,21(26,27)22(28,29)23(30,31)32)12-11-17(18(33)35-13-15-7-3-1-4-8-15)19(34)36-14-16-9-5-2-6-10-16/h1-10,17H,11-14H2. The van der Waals surface area contributed by atoms with Crippen molar-refractivity contribution in [1.29, 1.82) is 0 Å². The lowest BCUT2D eigenvalue weighted by atomic mass is 9.94. The fourth-order valence-electron chi connectivity index (χ4n) is 2.88. The molecule has 36 heavy (non-hydrogen) atoms. The molecule has 2 aromatic carbocycles. The van der Waals surface area contributed by atoms with Gasteiger partial charge in [-0.3, -0.25) is 9.59 Å². The third-order valence-corrected chi connectivity index (χ3v) is 4.97. The Morgan fingerprint density at radius 1 is 0.639 bits per heavy atom. The van der Waals surface area contributed by atoms with Gasteiger partial charge < -0.3 is 9.47 Å². The zero-order valence-electron chi connectivity index (χ0n) is 18.2. The second-order valence-electron chi connectivity index (χ2n) is 7.63. The number of alkyl halides is 9. The molecule has 0 bridgehead atoms. The van der Waals surface area contributed by atoms with Crippen molar-refractivity contribution in [2.45, 2.75) is 50.0 Å². The molecule has 0 heterocycles. The van der Waals surface area contributed by atoms with Gasteiger partial charge in [-0.1, -0.05) is 60.7 Å². The lowest BCUT2D eigenvalue weighted by Crippen LogP contribution is -2.60. The molecule has 2 rings (SSSR count). The van der Waals surface area contributed by atoms with E-state index in [4.69, 9.17) is 9.47 Å². The number of esters is 2. The summed E-state index contributed by atoms with van der Waals surface area (Å²) in [7, 11) is 0. The van der Waals surface area contributed by atoms with Crippen LogP contribution in [0.4, 0.5) is 39.5 Å². The number of carbonyl (C=O) groups excluding carboxylic acids is 2. The highest BCUT2D eigenvalue weighted by molar-refractivity contribution is 5.94. The molecule has 0 unspecified atom stereocenters. The van der Waals surface area contributed by atoms with Gasteiger partial charge >= 0.3 is 35.9 Å². The molecule has 0 N–H and O–H groups in total. The summed E-state index contributed by atoms with van der Waals surface area (Å²) in [5.41, 5.74) is 0.785. The minimum Gasteiger partial charge on any atom is -0.460 e. The van der Waals surface area contributed by atoms with Gasteiger partial charge in [-0.15, -0.1) is 0 Å². The first-order valence-electron chi connectivity index (χ1n) is 10.2. The molecule has 0 fully saturated rings. The maximum atomic E-state index is 14.0. The summed E-state index contributed by atoms with van der Waals surface area (Å²) in [5, 5.41) is 0. The highest BCUT2D eigenvalue weighted by Gasteiger charge is 2.81. The van der Waals surface area contributed by atoms with Crippen LogP contribution in [-0.4, -0.2) is 35.9 Å². The first-order chi connectivity index (χ1) is 16.6. The second-order valence-corrected chi connectivity index (χ2v) is 7.63. The number of hydrogen-bond donors (Lipinski definition) is 0. The Labute approximate surface area is 199 Å². The van der Waals surface area contributed by atoms with Crippen LogP contribution in [0.15, 0.2) is 60.7 Å². The topological polar surface area (TPSA) is 52.6 Å². The van der Waals surface area contributed by atoms with E-state index in [-0.39, 0.29) is 0 Å². The van der Waals surface area contributed by atoms with Crippen molar-refractivity contribution in [2.24, 2.45) is 5.92 Å². The normalized spacial score (nSPS) is 12.9. The second kappa shape index (κ2) is 11.2. The smallest absolute Gasteiger partial charge is 0.460 e. The number of benzene rings is 2. The third-order valence-electron chi connectivity index (χ3n) is 4.97. The fourth-order valence-corrected chi connectivity index (χ4v) is 2.88. The third kappa shape index (κ3) is 6.70. The molecule has 0 aliphatic rings. The lowest BCUT2D eigenvalue weighted by Gasteiger charge is -2.34. The summed E-state index contributed by atoms with van der Waals surface area (Å²) in [6.45, 7) is -0.943. The molecule has 0 radical (unpaired) electrons. The van der Waals surface area contributed by atoms with E-state index in [1.54, 1.807) is 36.4 Å². The Kier molecular flexibility index (Phi) is 9.03. The zero-order valence-corrected chi connectivity index (χ0v) is 18.2. The van der Waals surface area contributed by atoms with E-state index in [1.165, 1.54) is 24.3 Å². The number of carbonyl (C=O) groups is 2. The fraction of sp³-hybridized carbons (Fsp3) is 0.391. The number of halogens is 9. The van der Waals surface area contributed by atoms with Crippen molar-refractivity contribution in [3.05, 3.63) is 71.8 Å². The highest BCUT2D eigenvalue weighted by atomic mass is 19.4. The van der Waals surface area contributed by atoms with E-state index >= 15 is 0 Å². The molecule has 0 spiro atoms. The van der Waals surface area contributed by atoms with Gasteiger partial charge in [0.1, 0.15) is 13.2 Å². The van der Waals surface area contributed by atoms with Crippen LogP contribution >= 0.6 is 0 Å². The summed E-state index contributed by atoms with van der Waals surface area (Å²) < 4.78 is 128. The molecular weight excluding hydrogens is 511 g/mol. The van der Waals surface area contributed by atoms with Crippen molar-refractivity contribution >= 4 is 11.9 Å². The van der Waals surface area contributed by atoms with Gasteiger partial charge in [0.05, 0.1) is 0 Å². The summed E-state index contributed by atoms with van der Waals surface area (Å²) in [6, 6.07) is 15.4. The molecule has 0 saturated heterocycles. The van der Waals surface area contributed by atoms with Crippen LogP contribution in [0, 0.1) is 5.92 Å². The van der Waals surface area contributed by atoms with E-state index in [0.29, 0.717) is 11.1 Å². The quantitative estimate of drug-likeness (QED) is 0.193. The number of ether oxygens (including phenoxy) is 2. The van der Waals surface area contributed by atoms with Crippen molar-refractivity contribution in [3.63, 3.8) is 0 Å². The van der Waals surface area contributed by atoms with Crippen LogP contribution in [0.5, 0.6) is 0 Å². The van der Waals surface area contributed by atoms with Crippen molar-refractivity contribution in [1.82, 2.24) is 0 Å². The van der Waals surface area contributed by atoms with Crippen LogP contribution in [0.3, 0.4) is 0 Å². The summed E-state index contributed by atoms with van der Waals surface area (Å²) in [5.74, 6) is -25.2. The SMILES string of the molecule is O=C(OCc1ccccc1)C(CCC(F)(F)C(F)(F)C(F)(F)C(F)(F)F)C(=O)OCc1ccccc1. The van der Waals surface area contributed by atoms with Gasteiger partial charge in [0.2, 0.25) is 0 Å². The maximum absolute atomic E-state index is 14.0. The Bertz CT molecular complexity index is 954. The molecule has 198 valence electrons. The molecule has 4 nitrogen and oxygen atoms in total. The maximum Gasteiger partial charge on any atom is 0.460 e. The minimum atomic E-state index is -7.08. The predicted octanol–water partition coefficient (Wildman–Crippen LogP) is 6.34. The molecule has 0 saturated carbocycles.